The second-order valence-corrected chi connectivity index (χ2v) is 4.72. The highest BCUT2D eigenvalue weighted by atomic mass is 16.5. The lowest BCUT2D eigenvalue weighted by molar-refractivity contribution is -0.124. The Bertz CT molecular complexity index is 393. The van der Waals surface area contributed by atoms with Crippen LogP contribution >= 0.6 is 0 Å². The summed E-state index contributed by atoms with van der Waals surface area (Å²) in [6.07, 6.45) is 2.55. The first kappa shape index (κ1) is 15.5. The van der Waals surface area contributed by atoms with E-state index < -0.39 is 0 Å². The number of rotatable bonds is 8. The van der Waals surface area contributed by atoms with Gasteiger partial charge in [-0.15, -0.1) is 0 Å². The van der Waals surface area contributed by atoms with E-state index in [9.17, 15) is 4.79 Å². The van der Waals surface area contributed by atoms with E-state index in [4.69, 9.17) is 10.5 Å². The number of carbonyl (C=O) groups excluding carboxylic acids is 1. The second-order valence-electron chi connectivity index (χ2n) is 4.72. The molecule has 0 bridgehead atoms. The quantitative estimate of drug-likeness (QED) is 0.751. The van der Waals surface area contributed by atoms with Crippen LogP contribution in [0.2, 0.25) is 0 Å². The van der Waals surface area contributed by atoms with E-state index in [2.05, 4.69) is 5.32 Å². The molecule has 4 nitrogen and oxygen atoms in total. The van der Waals surface area contributed by atoms with Crippen LogP contribution in [0, 0.1) is 5.92 Å². The highest BCUT2D eigenvalue weighted by Gasteiger charge is 2.11. The van der Waals surface area contributed by atoms with Crippen molar-refractivity contribution < 1.29 is 9.53 Å². The topological polar surface area (TPSA) is 64.3 Å². The lowest BCUT2D eigenvalue weighted by atomic mass is 10.0. The molecule has 0 heterocycles. The summed E-state index contributed by atoms with van der Waals surface area (Å²) in [5, 5.41) is 2.96. The van der Waals surface area contributed by atoms with Gasteiger partial charge in [0.25, 0.3) is 0 Å². The summed E-state index contributed by atoms with van der Waals surface area (Å²) in [7, 11) is 1.65. The van der Waals surface area contributed by atoms with Crippen LogP contribution in [0.15, 0.2) is 24.3 Å². The third kappa shape index (κ3) is 5.75. The molecule has 0 aliphatic rings. The predicted octanol–water partition coefficient (Wildman–Crippen LogP) is 1.73. The molecular formula is C15H24N2O2. The molecule has 0 spiro atoms. The molecule has 0 aliphatic heterocycles. The Kier molecular flexibility index (Phi) is 6.97. The third-order valence-electron chi connectivity index (χ3n) is 3.14. The molecule has 1 atom stereocenters. The fraction of sp³-hybridized carbons (Fsp3) is 0.533. The molecular weight excluding hydrogens is 240 g/mol. The van der Waals surface area contributed by atoms with Gasteiger partial charge in [0.2, 0.25) is 5.91 Å². The van der Waals surface area contributed by atoms with Crippen molar-refractivity contribution in [2.45, 2.75) is 26.2 Å². The number of benzene rings is 1. The van der Waals surface area contributed by atoms with E-state index in [0.29, 0.717) is 13.1 Å². The van der Waals surface area contributed by atoms with Crippen molar-refractivity contribution in [2.75, 3.05) is 20.2 Å². The molecule has 19 heavy (non-hydrogen) atoms. The van der Waals surface area contributed by atoms with E-state index in [1.54, 1.807) is 7.11 Å². The maximum Gasteiger partial charge on any atom is 0.222 e. The van der Waals surface area contributed by atoms with Crippen molar-refractivity contribution in [3.05, 3.63) is 29.8 Å². The van der Waals surface area contributed by atoms with Gasteiger partial charge in [0, 0.05) is 12.5 Å². The van der Waals surface area contributed by atoms with Crippen molar-refractivity contribution in [2.24, 2.45) is 11.7 Å². The number of nitrogens with two attached hydrogens (primary N) is 1. The molecule has 1 amide bonds. The summed E-state index contributed by atoms with van der Waals surface area (Å²) in [5.41, 5.74) is 6.60. The molecule has 0 fully saturated rings. The Morgan fingerprint density at radius 2 is 2.26 bits per heavy atom. The molecule has 1 aromatic carbocycles. The third-order valence-corrected chi connectivity index (χ3v) is 3.14. The normalized spacial score (nSPS) is 11.9. The standard InChI is InChI=1S/C15H24N2O2/c1-12(5-4-9-16)15(18)17-10-8-13-6-3-7-14(11-13)19-2/h3,6-7,11-12H,4-5,8-10,16H2,1-2H3,(H,17,18). The minimum atomic E-state index is 0.0360. The Labute approximate surface area is 115 Å². The number of carbonyl (C=O) groups is 1. The fourth-order valence-electron chi connectivity index (χ4n) is 1.89. The van der Waals surface area contributed by atoms with Crippen molar-refractivity contribution >= 4 is 5.91 Å². The van der Waals surface area contributed by atoms with Gasteiger partial charge in [-0.2, -0.15) is 0 Å². The minimum Gasteiger partial charge on any atom is -0.497 e. The monoisotopic (exact) mass is 264 g/mol. The summed E-state index contributed by atoms with van der Waals surface area (Å²) in [6.45, 7) is 3.23. The van der Waals surface area contributed by atoms with Crippen LogP contribution in [0.4, 0.5) is 0 Å². The first-order valence-corrected chi connectivity index (χ1v) is 6.78. The summed E-state index contributed by atoms with van der Waals surface area (Å²) >= 11 is 0. The molecule has 0 aromatic heterocycles. The van der Waals surface area contributed by atoms with Crippen molar-refractivity contribution in [1.82, 2.24) is 5.32 Å². The van der Waals surface area contributed by atoms with Gasteiger partial charge in [0.1, 0.15) is 5.75 Å². The Morgan fingerprint density at radius 1 is 1.47 bits per heavy atom. The number of hydrogen-bond acceptors (Lipinski definition) is 3. The summed E-state index contributed by atoms with van der Waals surface area (Å²) < 4.78 is 5.17. The van der Waals surface area contributed by atoms with E-state index in [0.717, 1.165) is 30.6 Å². The van der Waals surface area contributed by atoms with Crippen LogP contribution in [0.3, 0.4) is 0 Å². The average molecular weight is 264 g/mol. The SMILES string of the molecule is COc1cccc(CCNC(=O)C(C)CCCN)c1. The smallest absolute Gasteiger partial charge is 0.222 e. The van der Waals surface area contributed by atoms with Gasteiger partial charge in [-0.25, -0.2) is 0 Å². The highest BCUT2D eigenvalue weighted by molar-refractivity contribution is 5.78. The number of methoxy groups -OCH3 is 1. The molecule has 0 aliphatic carbocycles. The molecule has 0 saturated heterocycles. The minimum absolute atomic E-state index is 0.0360. The zero-order chi connectivity index (χ0) is 14.1. The lowest BCUT2D eigenvalue weighted by Gasteiger charge is -2.11. The van der Waals surface area contributed by atoms with E-state index in [1.807, 2.05) is 31.2 Å². The van der Waals surface area contributed by atoms with Crippen molar-refractivity contribution in [3.8, 4) is 5.75 Å². The molecule has 0 saturated carbocycles. The number of amides is 1. The van der Waals surface area contributed by atoms with Gasteiger partial charge >= 0.3 is 0 Å². The summed E-state index contributed by atoms with van der Waals surface area (Å²) in [4.78, 5) is 11.8. The van der Waals surface area contributed by atoms with Gasteiger partial charge in [-0.3, -0.25) is 4.79 Å². The Morgan fingerprint density at radius 3 is 2.95 bits per heavy atom. The van der Waals surface area contributed by atoms with Crippen LogP contribution in [-0.2, 0) is 11.2 Å². The first-order valence-electron chi connectivity index (χ1n) is 6.78. The van der Waals surface area contributed by atoms with Crippen molar-refractivity contribution in [3.63, 3.8) is 0 Å². The van der Waals surface area contributed by atoms with Crippen LogP contribution in [0.5, 0.6) is 5.75 Å². The number of hydrogen-bond donors (Lipinski definition) is 2. The van der Waals surface area contributed by atoms with Gasteiger partial charge in [-0.1, -0.05) is 19.1 Å². The Balaban J connectivity index is 2.31. The fourth-order valence-corrected chi connectivity index (χ4v) is 1.89. The second kappa shape index (κ2) is 8.53. The summed E-state index contributed by atoms with van der Waals surface area (Å²) in [6, 6.07) is 7.90. The van der Waals surface area contributed by atoms with Crippen LogP contribution in [0.25, 0.3) is 0 Å². The zero-order valence-electron chi connectivity index (χ0n) is 11.8. The van der Waals surface area contributed by atoms with Crippen LogP contribution in [0.1, 0.15) is 25.3 Å². The maximum absolute atomic E-state index is 11.8. The number of ether oxygens (including phenoxy) is 1. The highest BCUT2D eigenvalue weighted by Crippen LogP contribution is 2.12. The largest absolute Gasteiger partial charge is 0.497 e. The van der Waals surface area contributed by atoms with E-state index in [1.165, 1.54) is 0 Å². The van der Waals surface area contributed by atoms with Gasteiger partial charge in [-0.05, 0) is 43.5 Å². The van der Waals surface area contributed by atoms with Gasteiger partial charge in [0.05, 0.1) is 7.11 Å². The maximum atomic E-state index is 11.8. The van der Waals surface area contributed by atoms with Crippen LogP contribution in [-0.4, -0.2) is 26.1 Å². The molecule has 1 aromatic rings. The first-order chi connectivity index (χ1) is 9.17. The molecule has 1 unspecified atom stereocenters. The van der Waals surface area contributed by atoms with E-state index >= 15 is 0 Å². The van der Waals surface area contributed by atoms with Crippen molar-refractivity contribution in [1.29, 1.82) is 0 Å². The summed E-state index contributed by atoms with van der Waals surface area (Å²) in [5.74, 6) is 0.991. The molecule has 1 rings (SSSR count). The molecule has 4 heteroatoms. The van der Waals surface area contributed by atoms with Crippen LogP contribution < -0.4 is 15.8 Å². The zero-order valence-corrected chi connectivity index (χ0v) is 11.8. The average Bonchev–Trinajstić information content (AvgIpc) is 2.44. The lowest BCUT2D eigenvalue weighted by Crippen LogP contribution is -2.31. The predicted molar refractivity (Wildman–Crippen MR) is 77.2 cm³/mol. The molecule has 0 radical (unpaired) electrons. The number of nitrogens with one attached hydrogen (secondary N) is 1. The van der Waals surface area contributed by atoms with Gasteiger partial charge < -0.3 is 15.8 Å². The Hall–Kier alpha value is -1.55. The van der Waals surface area contributed by atoms with Gasteiger partial charge in [0.15, 0.2) is 0 Å². The van der Waals surface area contributed by atoms with E-state index in [-0.39, 0.29) is 11.8 Å². The molecule has 106 valence electrons. The molecule has 3 N–H and O–H groups in total.